The first kappa shape index (κ1) is 29.3. The van der Waals surface area contributed by atoms with E-state index in [4.69, 9.17) is 4.74 Å². The lowest BCUT2D eigenvalue weighted by molar-refractivity contribution is -0.131. The van der Waals surface area contributed by atoms with E-state index in [1.807, 2.05) is 24.3 Å². The Morgan fingerprint density at radius 3 is 2.43 bits per heavy atom. The molecule has 0 aliphatic carbocycles. The highest BCUT2D eigenvalue weighted by atomic mass is 32.2. The van der Waals surface area contributed by atoms with Crippen molar-refractivity contribution < 1.29 is 22.3 Å². The van der Waals surface area contributed by atoms with E-state index in [2.05, 4.69) is 42.6 Å². The van der Waals surface area contributed by atoms with Crippen LogP contribution in [0, 0.1) is 5.82 Å². The maximum atomic E-state index is 14.8. The number of nitrogens with zero attached hydrogens (tertiary/aromatic N) is 2. The van der Waals surface area contributed by atoms with Crippen molar-refractivity contribution in [1.82, 2.24) is 9.88 Å². The first-order valence-corrected chi connectivity index (χ1v) is 15.3. The predicted molar refractivity (Wildman–Crippen MR) is 160 cm³/mol. The summed E-state index contributed by atoms with van der Waals surface area (Å²) in [6.45, 7) is 7.50. The molecule has 3 aromatic carbocycles. The normalized spacial score (nSPS) is 13.1. The maximum absolute atomic E-state index is 14.8. The monoisotopic (exact) mass is 587 g/mol. The molecule has 1 amide bonds. The van der Waals surface area contributed by atoms with Crippen LogP contribution in [0.25, 0.3) is 0 Å². The van der Waals surface area contributed by atoms with Gasteiger partial charge in [-0.05, 0) is 63.6 Å². The lowest BCUT2D eigenvalue weighted by Crippen LogP contribution is -2.26. The topological polar surface area (TPSA) is 88.6 Å². The molecule has 1 N–H and O–H groups in total. The van der Waals surface area contributed by atoms with E-state index < -0.39 is 15.8 Å². The van der Waals surface area contributed by atoms with E-state index >= 15 is 0 Å². The van der Waals surface area contributed by atoms with Crippen molar-refractivity contribution in [3.8, 4) is 5.75 Å². The lowest BCUT2D eigenvalue weighted by Gasteiger charge is -2.19. The molecule has 0 atom stereocenters. The summed E-state index contributed by atoms with van der Waals surface area (Å²) in [7, 11) is -4.07. The predicted octanol–water partition coefficient (Wildman–Crippen LogP) is 6.03. The number of pyridine rings is 1. The van der Waals surface area contributed by atoms with Crippen molar-refractivity contribution >= 4 is 21.6 Å². The molecule has 218 valence electrons. The van der Waals surface area contributed by atoms with E-state index in [9.17, 15) is 17.6 Å². The van der Waals surface area contributed by atoms with Crippen LogP contribution in [0.2, 0.25) is 0 Å². The molecular weight excluding hydrogens is 553 g/mol. The van der Waals surface area contributed by atoms with Gasteiger partial charge in [0.1, 0.15) is 5.75 Å². The number of sulfonamides is 1. The second-order valence-electron chi connectivity index (χ2n) is 11.5. The third-order valence-corrected chi connectivity index (χ3v) is 8.67. The van der Waals surface area contributed by atoms with Crippen LogP contribution in [-0.4, -0.2) is 30.8 Å². The zero-order chi connectivity index (χ0) is 29.9. The second kappa shape index (κ2) is 11.9. The summed E-state index contributed by atoms with van der Waals surface area (Å²) in [5, 5.41) is 0. The summed E-state index contributed by atoms with van der Waals surface area (Å²) < 4.78 is 49.0. The molecule has 4 aromatic rings. The number of carbonyl (C=O) groups excluding carboxylic acids is 1. The molecule has 1 aromatic heterocycles. The van der Waals surface area contributed by atoms with Gasteiger partial charge in [-0.3, -0.25) is 14.5 Å². The molecule has 1 aliphatic rings. The van der Waals surface area contributed by atoms with Crippen LogP contribution in [0.15, 0.2) is 90.1 Å². The van der Waals surface area contributed by atoms with Gasteiger partial charge in [-0.2, -0.15) is 0 Å². The number of nitrogens with one attached hydrogen (secondary N) is 1. The molecule has 1 aliphatic heterocycles. The highest BCUT2D eigenvalue weighted by Gasteiger charge is 2.26. The number of rotatable bonds is 9. The minimum Gasteiger partial charge on any atom is -0.493 e. The van der Waals surface area contributed by atoms with Crippen LogP contribution in [0.3, 0.4) is 0 Å². The number of halogens is 1. The van der Waals surface area contributed by atoms with Gasteiger partial charge >= 0.3 is 0 Å². The Hall–Kier alpha value is -4.24. The molecule has 0 radical (unpaired) electrons. The number of fused-ring (bicyclic) bond motifs is 1. The average molecular weight is 588 g/mol. The number of ether oxygens (including phenoxy) is 1. The Morgan fingerprint density at radius 2 is 1.74 bits per heavy atom. The SMILES string of the molecule is CC(C)(C)c1ccc(CC(=O)N2Cc3ccc(S(=O)(=O)Nc4ccc(OCCc5cccnc5)cc4F)cc3C2)cc1. The average Bonchev–Trinajstić information content (AvgIpc) is 3.39. The van der Waals surface area contributed by atoms with Gasteiger partial charge in [0.05, 0.1) is 23.6 Å². The zero-order valence-electron chi connectivity index (χ0n) is 23.9. The van der Waals surface area contributed by atoms with Gasteiger partial charge in [-0.25, -0.2) is 12.8 Å². The number of hydrogen-bond acceptors (Lipinski definition) is 5. The number of anilines is 1. The fourth-order valence-electron chi connectivity index (χ4n) is 4.83. The summed E-state index contributed by atoms with van der Waals surface area (Å²) in [5.41, 5.74) is 4.64. The van der Waals surface area contributed by atoms with Crippen LogP contribution in [-0.2, 0) is 46.2 Å². The van der Waals surface area contributed by atoms with Gasteiger partial charge in [-0.15, -0.1) is 0 Å². The molecule has 9 heteroatoms. The largest absolute Gasteiger partial charge is 0.493 e. The number of carbonyl (C=O) groups is 1. The molecule has 0 saturated heterocycles. The highest BCUT2D eigenvalue weighted by Crippen LogP contribution is 2.29. The van der Waals surface area contributed by atoms with E-state index in [0.29, 0.717) is 31.9 Å². The minimum absolute atomic E-state index is 0.00418. The van der Waals surface area contributed by atoms with Crippen LogP contribution in [0.5, 0.6) is 5.75 Å². The van der Waals surface area contributed by atoms with Gasteiger partial charge in [0, 0.05) is 38.0 Å². The zero-order valence-corrected chi connectivity index (χ0v) is 24.7. The Morgan fingerprint density at radius 1 is 0.976 bits per heavy atom. The molecule has 0 saturated carbocycles. The third kappa shape index (κ3) is 6.97. The number of hydrogen-bond donors (Lipinski definition) is 1. The molecule has 0 fully saturated rings. The maximum Gasteiger partial charge on any atom is 0.261 e. The Kier molecular flexibility index (Phi) is 8.31. The van der Waals surface area contributed by atoms with Crippen molar-refractivity contribution in [3.05, 3.63) is 119 Å². The minimum atomic E-state index is -4.07. The Balaban J connectivity index is 1.19. The van der Waals surface area contributed by atoms with Gasteiger partial charge in [-0.1, -0.05) is 57.2 Å². The van der Waals surface area contributed by atoms with Gasteiger partial charge in [0.15, 0.2) is 5.82 Å². The van der Waals surface area contributed by atoms with Gasteiger partial charge < -0.3 is 9.64 Å². The Labute approximate surface area is 246 Å². The first-order valence-electron chi connectivity index (χ1n) is 13.8. The van der Waals surface area contributed by atoms with Crippen molar-refractivity contribution in [1.29, 1.82) is 0 Å². The summed E-state index contributed by atoms with van der Waals surface area (Å²) in [4.78, 5) is 18.8. The summed E-state index contributed by atoms with van der Waals surface area (Å²) in [6, 6.07) is 20.6. The quantitative estimate of drug-likeness (QED) is 0.259. The van der Waals surface area contributed by atoms with Crippen LogP contribution in [0.4, 0.5) is 10.1 Å². The standard InChI is InChI=1S/C33H34FN3O4S/c1-33(2,3)27-9-6-23(7-10-27)17-32(38)37-21-25-8-12-29(18-26(25)22-37)42(39,40)36-31-13-11-28(19-30(31)34)41-16-14-24-5-4-15-35-20-24/h4-13,15,18-20,36H,14,16-17,21-22H2,1-3H3. The summed E-state index contributed by atoms with van der Waals surface area (Å²) >= 11 is 0. The third-order valence-electron chi connectivity index (χ3n) is 7.31. The van der Waals surface area contributed by atoms with E-state index in [1.165, 1.54) is 23.8 Å². The van der Waals surface area contributed by atoms with E-state index in [0.717, 1.165) is 28.3 Å². The van der Waals surface area contributed by atoms with Crippen molar-refractivity contribution in [3.63, 3.8) is 0 Å². The van der Waals surface area contributed by atoms with E-state index in [-0.39, 0.29) is 28.3 Å². The van der Waals surface area contributed by atoms with Gasteiger partial charge in [0.2, 0.25) is 5.91 Å². The van der Waals surface area contributed by atoms with E-state index in [1.54, 1.807) is 29.4 Å². The smallest absolute Gasteiger partial charge is 0.261 e. The fourth-order valence-corrected chi connectivity index (χ4v) is 5.95. The number of benzene rings is 3. The van der Waals surface area contributed by atoms with Crippen LogP contribution in [0.1, 0.15) is 48.6 Å². The molecule has 7 nitrogen and oxygen atoms in total. The first-order chi connectivity index (χ1) is 20.0. The van der Waals surface area contributed by atoms with Crippen molar-refractivity contribution in [2.45, 2.75) is 57.0 Å². The summed E-state index contributed by atoms with van der Waals surface area (Å²) in [6.07, 6.45) is 4.30. The fraction of sp³-hybridized carbons (Fsp3) is 0.273. The van der Waals surface area contributed by atoms with Crippen molar-refractivity contribution in [2.24, 2.45) is 0 Å². The molecule has 5 rings (SSSR count). The second-order valence-corrected chi connectivity index (χ2v) is 13.2. The Bertz CT molecular complexity index is 1690. The van der Waals surface area contributed by atoms with Crippen molar-refractivity contribution in [2.75, 3.05) is 11.3 Å². The lowest BCUT2D eigenvalue weighted by atomic mass is 9.86. The van der Waals surface area contributed by atoms with Crippen LogP contribution < -0.4 is 9.46 Å². The highest BCUT2D eigenvalue weighted by molar-refractivity contribution is 7.92. The molecule has 0 bridgehead atoms. The summed E-state index contributed by atoms with van der Waals surface area (Å²) in [5.74, 6) is -0.472. The molecule has 0 spiro atoms. The van der Waals surface area contributed by atoms with Crippen LogP contribution >= 0.6 is 0 Å². The van der Waals surface area contributed by atoms with Gasteiger partial charge in [0.25, 0.3) is 10.0 Å². The number of amides is 1. The molecule has 0 unspecified atom stereocenters. The molecule has 42 heavy (non-hydrogen) atoms. The molecular formula is C33H34FN3O4S. The molecule has 2 heterocycles. The number of aromatic nitrogens is 1.